The molecule has 0 fully saturated rings. The molecule has 0 atom stereocenters. The predicted octanol–water partition coefficient (Wildman–Crippen LogP) is 5.49. The van der Waals surface area contributed by atoms with Gasteiger partial charge < -0.3 is 4.74 Å². The number of ether oxygens (including phenoxy) is 1. The maximum Gasteiger partial charge on any atom is 0.250 e. The molecule has 1 aromatic heterocycles. The van der Waals surface area contributed by atoms with Crippen molar-refractivity contribution < 1.29 is 9.53 Å². The van der Waals surface area contributed by atoms with Crippen LogP contribution in [0.1, 0.15) is 18.9 Å². The molecule has 5 nitrogen and oxygen atoms in total. The molecular formula is C21H20ClN3O2S2. The van der Waals surface area contributed by atoms with E-state index in [4.69, 9.17) is 16.3 Å². The van der Waals surface area contributed by atoms with Gasteiger partial charge in [0, 0.05) is 21.5 Å². The number of hydrogen-bond acceptors (Lipinski definition) is 6. The van der Waals surface area contributed by atoms with Crippen LogP contribution in [0.4, 0.5) is 0 Å². The first-order chi connectivity index (χ1) is 14.2. The highest BCUT2D eigenvalue weighted by atomic mass is 35.5. The van der Waals surface area contributed by atoms with Gasteiger partial charge in [-0.25, -0.2) is 10.4 Å². The van der Waals surface area contributed by atoms with Gasteiger partial charge in [0.05, 0.1) is 24.3 Å². The number of benzene rings is 2. The number of aromatic nitrogens is 1. The highest BCUT2D eigenvalue weighted by Gasteiger charge is 2.08. The minimum absolute atomic E-state index is 0.193. The van der Waals surface area contributed by atoms with Crippen LogP contribution in [0.3, 0.4) is 0 Å². The van der Waals surface area contributed by atoms with Crippen LogP contribution in [-0.4, -0.2) is 29.5 Å². The van der Waals surface area contributed by atoms with Crippen LogP contribution < -0.4 is 10.2 Å². The van der Waals surface area contributed by atoms with Crippen molar-refractivity contribution in [3.8, 4) is 17.0 Å². The molecule has 2 aromatic carbocycles. The number of para-hydroxylation sites is 1. The summed E-state index contributed by atoms with van der Waals surface area (Å²) < 4.78 is 6.50. The van der Waals surface area contributed by atoms with Crippen LogP contribution >= 0.6 is 34.7 Å². The number of nitrogens with zero attached hydrogens (tertiary/aromatic N) is 2. The van der Waals surface area contributed by atoms with Crippen LogP contribution in [0.2, 0.25) is 5.02 Å². The second-order valence-corrected chi connectivity index (χ2v) is 8.49. The SMILES string of the molecule is CCCOc1ccccc1/C=N/NC(=O)CSc1nc(-c2ccc(Cl)cc2)cs1. The maximum atomic E-state index is 12.1. The van der Waals surface area contributed by atoms with Gasteiger partial charge in [-0.05, 0) is 30.7 Å². The lowest BCUT2D eigenvalue weighted by Crippen LogP contribution is -2.19. The predicted molar refractivity (Wildman–Crippen MR) is 121 cm³/mol. The number of rotatable bonds is 9. The summed E-state index contributed by atoms with van der Waals surface area (Å²) in [5.41, 5.74) is 5.23. The molecule has 3 aromatic rings. The summed E-state index contributed by atoms with van der Waals surface area (Å²) in [5.74, 6) is 0.791. The lowest BCUT2D eigenvalue weighted by atomic mass is 10.2. The van der Waals surface area contributed by atoms with Crippen LogP contribution in [0.15, 0.2) is 63.4 Å². The first kappa shape index (κ1) is 21.4. The van der Waals surface area contributed by atoms with E-state index in [1.54, 1.807) is 6.21 Å². The molecule has 150 valence electrons. The van der Waals surface area contributed by atoms with E-state index in [0.29, 0.717) is 11.6 Å². The first-order valence-corrected chi connectivity index (χ1v) is 11.3. The third-order valence-electron chi connectivity index (χ3n) is 3.72. The number of carbonyl (C=O) groups excluding carboxylic acids is 1. The third-order valence-corrected chi connectivity index (χ3v) is 6.00. The van der Waals surface area contributed by atoms with Gasteiger partial charge in [-0.2, -0.15) is 5.10 Å². The molecule has 0 radical (unpaired) electrons. The van der Waals surface area contributed by atoms with Crippen molar-refractivity contribution in [1.82, 2.24) is 10.4 Å². The van der Waals surface area contributed by atoms with Crippen LogP contribution in [-0.2, 0) is 4.79 Å². The van der Waals surface area contributed by atoms with E-state index in [1.807, 2.05) is 53.9 Å². The molecule has 0 saturated carbocycles. The van der Waals surface area contributed by atoms with Gasteiger partial charge in [0.1, 0.15) is 5.75 Å². The molecule has 0 aliphatic heterocycles. The van der Waals surface area contributed by atoms with Crippen molar-refractivity contribution in [2.45, 2.75) is 17.7 Å². The molecule has 0 unspecified atom stereocenters. The average molecular weight is 446 g/mol. The second kappa shape index (κ2) is 11.0. The van der Waals surface area contributed by atoms with Gasteiger partial charge in [0.2, 0.25) is 0 Å². The van der Waals surface area contributed by atoms with E-state index in [-0.39, 0.29) is 11.7 Å². The van der Waals surface area contributed by atoms with E-state index in [9.17, 15) is 4.79 Å². The summed E-state index contributed by atoms with van der Waals surface area (Å²) in [5, 5.41) is 6.69. The van der Waals surface area contributed by atoms with Crippen LogP contribution in [0, 0.1) is 0 Å². The van der Waals surface area contributed by atoms with Gasteiger partial charge in [-0.3, -0.25) is 4.79 Å². The summed E-state index contributed by atoms with van der Waals surface area (Å²) >= 11 is 8.80. The molecule has 29 heavy (non-hydrogen) atoms. The largest absolute Gasteiger partial charge is 0.493 e. The Labute approximate surface area is 183 Å². The number of thioether (sulfide) groups is 1. The summed E-state index contributed by atoms with van der Waals surface area (Å²) in [7, 11) is 0. The average Bonchev–Trinajstić information content (AvgIpc) is 3.21. The molecule has 0 bridgehead atoms. The van der Waals surface area contributed by atoms with E-state index in [1.165, 1.54) is 23.1 Å². The Morgan fingerprint density at radius 3 is 2.86 bits per heavy atom. The fraction of sp³-hybridized carbons (Fsp3) is 0.190. The minimum Gasteiger partial charge on any atom is -0.493 e. The van der Waals surface area contributed by atoms with Crippen molar-refractivity contribution in [3.05, 3.63) is 64.5 Å². The molecule has 1 heterocycles. The second-order valence-electron chi connectivity index (χ2n) is 5.97. The lowest BCUT2D eigenvalue weighted by Gasteiger charge is -2.07. The third kappa shape index (κ3) is 6.59. The van der Waals surface area contributed by atoms with Crippen molar-refractivity contribution in [2.75, 3.05) is 12.4 Å². The molecule has 0 aliphatic carbocycles. The van der Waals surface area contributed by atoms with E-state index in [0.717, 1.165) is 33.3 Å². The lowest BCUT2D eigenvalue weighted by molar-refractivity contribution is -0.118. The van der Waals surface area contributed by atoms with E-state index in [2.05, 4.69) is 22.4 Å². The highest BCUT2D eigenvalue weighted by molar-refractivity contribution is 8.01. The van der Waals surface area contributed by atoms with Crippen molar-refractivity contribution in [1.29, 1.82) is 0 Å². The smallest absolute Gasteiger partial charge is 0.250 e. The van der Waals surface area contributed by atoms with Gasteiger partial charge in [-0.1, -0.05) is 54.6 Å². The topological polar surface area (TPSA) is 63.6 Å². The number of thiazole rings is 1. The normalized spacial score (nSPS) is 11.0. The van der Waals surface area contributed by atoms with Crippen LogP contribution in [0.5, 0.6) is 5.75 Å². The zero-order valence-corrected chi connectivity index (χ0v) is 18.2. The summed E-state index contributed by atoms with van der Waals surface area (Å²) in [6.07, 6.45) is 2.52. The van der Waals surface area contributed by atoms with E-state index < -0.39 is 0 Å². The fourth-order valence-corrected chi connectivity index (χ4v) is 4.09. The van der Waals surface area contributed by atoms with Crippen molar-refractivity contribution >= 4 is 46.8 Å². The Bertz CT molecular complexity index is 974. The Morgan fingerprint density at radius 1 is 1.28 bits per heavy atom. The first-order valence-electron chi connectivity index (χ1n) is 9.03. The number of hydrazone groups is 1. The molecule has 1 N–H and O–H groups in total. The highest BCUT2D eigenvalue weighted by Crippen LogP contribution is 2.28. The monoisotopic (exact) mass is 445 g/mol. The zero-order valence-electron chi connectivity index (χ0n) is 15.8. The van der Waals surface area contributed by atoms with E-state index >= 15 is 0 Å². The van der Waals surface area contributed by atoms with Gasteiger partial charge in [-0.15, -0.1) is 11.3 Å². The molecule has 0 saturated heterocycles. The van der Waals surface area contributed by atoms with Gasteiger partial charge in [0.15, 0.2) is 4.34 Å². The Hall–Kier alpha value is -2.35. The molecule has 8 heteroatoms. The Morgan fingerprint density at radius 2 is 2.07 bits per heavy atom. The number of nitrogens with one attached hydrogen (secondary N) is 1. The number of carbonyl (C=O) groups is 1. The number of halogens is 1. The van der Waals surface area contributed by atoms with Crippen molar-refractivity contribution in [2.24, 2.45) is 5.10 Å². The zero-order chi connectivity index (χ0) is 20.5. The van der Waals surface area contributed by atoms with Crippen LogP contribution in [0.25, 0.3) is 11.3 Å². The number of hydrogen-bond donors (Lipinski definition) is 1. The quantitative estimate of drug-likeness (QED) is 0.268. The molecule has 3 rings (SSSR count). The fourth-order valence-electron chi connectivity index (χ4n) is 2.34. The standard InChI is InChI=1S/C21H20ClN3O2S2/c1-2-11-27-19-6-4-3-5-16(19)12-23-25-20(26)14-29-21-24-18(13-28-21)15-7-9-17(22)10-8-15/h3-10,12-13H,2,11,14H2,1H3,(H,25,26)/b23-12+. The maximum absolute atomic E-state index is 12.1. The summed E-state index contributed by atoms with van der Waals surface area (Å²) in [6.45, 7) is 2.69. The Kier molecular flexibility index (Phi) is 8.10. The number of amides is 1. The molecule has 0 aliphatic rings. The molecular weight excluding hydrogens is 426 g/mol. The molecule has 0 spiro atoms. The summed E-state index contributed by atoms with van der Waals surface area (Å²) in [4.78, 5) is 16.6. The Balaban J connectivity index is 1.49. The minimum atomic E-state index is -0.193. The van der Waals surface area contributed by atoms with Crippen molar-refractivity contribution in [3.63, 3.8) is 0 Å². The van der Waals surface area contributed by atoms with Gasteiger partial charge in [0.25, 0.3) is 5.91 Å². The van der Waals surface area contributed by atoms with Gasteiger partial charge >= 0.3 is 0 Å². The molecule has 1 amide bonds. The summed E-state index contributed by atoms with van der Waals surface area (Å²) in [6, 6.07) is 15.1.